The number of halogens is 1. The zero-order valence-electron chi connectivity index (χ0n) is 13.3. The number of benzene rings is 2. The third kappa shape index (κ3) is 3.89. The molecule has 0 radical (unpaired) electrons. The number of phenolic OH excluding ortho intramolecular Hbond substituents is 1. The molecular weight excluding hydrogens is 360 g/mol. The SMILES string of the molecule is CCOc1cc(C=Nn2c(-c3ccc(Cl)cc3)n[nH]c2=S)ccc1O. The van der Waals surface area contributed by atoms with Crippen LogP contribution in [0.5, 0.6) is 11.5 Å². The van der Waals surface area contributed by atoms with Crippen molar-refractivity contribution in [1.29, 1.82) is 0 Å². The van der Waals surface area contributed by atoms with Gasteiger partial charge in [-0.3, -0.25) is 0 Å². The number of phenols is 1. The van der Waals surface area contributed by atoms with Gasteiger partial charge < -0.3 is 9.84 Å². The molecule has 0 amide bonds. The number of ether oxygens (including phenoxy) is 1. The fourth-order valence-corrected chi connectivity index (χ4v) is 2.50. The highest BCUT2D eigenvalue weighted by Crippen LogP contribution is 2.26. The van der Waals surface area contributed by atoms with Crippen molar-refractivity contribution in [2.75, 3.05) is 6.61 Å². The topological polar surface area (TPSA) is 75.4 Å². The van der Waals surface area contributed by atoms with Crippen molar-refractivity contribution in [3.63, 3.8) is 0 Å². The van der Waals surface area contributed by atoms with Gasteiger partial charge in [-0.05, 0) is 67.2 Å². The van der Waals surface area contributed by atoms with Crippen LogP contribution < -0.4 is 4.74 Å². The van der Waals surface area contributed by atoms with E-state index in [2.05, 4.69) is 15.3 Å². The Labute approximate surface area is 154 Å². The van der Waals surface area contributed by atoms with E-state index >= 15 is 0 Å². The fraction of sp³-hybridized carbons (Fsp3) is 0.118. The maximum atomic E-state index is 9.76. The summed E-state index contributed by atoms with van der Waals surface area (Å²) in [6.45, 7) is 2.31. The molecule has 3 aromatic rings. The minimum atomic E-state index is 0.0841. The lowest BCUT2D eigenvalue weighted by molar-refractivity contribution is 0.318. The van der Waals surface area contributed by atoms with E-state index in [-0.39, 0.29) is 5.75 Å². The van der Waals surface area contributed by atoms with E-state index in [0.717, 1.165) is 11.1 Å². The van der Waals surface area contributed by atoms with Crippen LogP contribution in [0, 0.1) is 4.77 Å². The molecule has 0 atom stereocenters. The summed E-state index contributed by atoms with van der Waals surface area (Å²) in [4.78, 5) is 0. The highest BCUT2D eigenvalue weighted by atomic mass is 35.5. The van der Waals surface area contributed by atoms with Crippen LogP contribution in [0.15, 0.2) is 47.6 Å². The molecule has 0 spiro atoms. The van der Waals surface area contributed by atoms with E-state index in [1.807, 2.05) is 19.1 Å². The van der Waals surface area contributed by atoms with Gasteiger partial charge in [-0.25, -0.2) is 5.10 Å². The minimum absolute atomic E-state index is 0.0841. The summed E-state index contributed by atoms with van der Waals surface area (Å²) in [5.41, 5.74) is 1.58. The van der Waals surface area contributed by atoms with Crippen molar-refractivity contribution < 1.29 is 9.84 Å². The Kier molecular flexibility index (Phi) is 5.16. The predicted molar refractivity (Wildman–Crippen MR) is 100 cm³/mol. The lowest BCUT2D eigenvalue weighted by Crippen LogP contribution is -1.96. The third-order valence-corrected chi connectivity index (χ3v) is 3.88. The minimum Gasteiger partial charge on any atom is -0.504 e. The standard InChI is InChI=1S/C17H15ClN4O2S/c1-2-24-15-9-11(3-8-14(15)23)10-19-22-16(20-21-17(22)25)12-4-6-13(18)7-5-12/h3-10,23H,2H2,1H3,(H,21,25). The lowest BCUT2D eigenvalue weighted by Gasteiger charge is -2.06. The number of aromatic nitrogens is 3. The number of nitrogens with one attached hydrogen (secondary N) is 1. The number of nitrogens with zero attached hydrogens (tertiary/aromatic N) is 3. The van der Waals surface area contributed by atoms with E-state index in [0.29, 0.717) is 28.0 Å². The number of hydrogen-bond acceptors (Lipinski definition) is 5. The maximum Gasteiger partial charge on any atom is 0.216 e. The Morgan fingerprint density at radius 2 is 2.08 bits per heavy atom. The number of hydrogen-bond donors (Lipinski definition) is 2. The average molecular weight is 375 g/mol. The molecule has 0 aliphatic carbocycles. The van der Waals surface area contributed by atoms with E-state index < -0.39 is 0 Å². The molecule has 2 N–H and O–H groups in total. The van der Waals surface area contributed by atoms with E-state index in [9.17, 15) is 5.11 Å². The predicted octanol–water partition coefficient (Wildman–Crippen LogP) is 4.25. The van der Waals surface area contributed by atoms with Crippen LogP contribution in [0.1, 0.15) is 12.5 Å². The summed E-state index contributed by atoms with van der Waals surface area (Å²) in [7, 11) is 0. The van der Waals surface area contributed by atoms with Crippen molar-refractivity contribution in [3.05, 3.63) is 57.8 Å². The van der Waals surface area contributed by atoms with Crippen molar-refractivity contribution in [1.82, 2.24) is 14.9 Å². The monoisotopic (exact) mass is 374 g/mol. The lowest BCUT2D eigenvalue weighted by atomic mass is 10.2. The average Bonchev–Trinajstić information content (AvgIpc) is 2.97. The quantitative estimate of drug-likeness (QED) is 0.517. The van der Waals surface area contributed by atoms with Crippen molar-refractivity contribution in [3.8, 4) is 22.9 Å². The molecule has 6 nitrogen and oxygen atoms in total. The summed E-state index contributed by atoms with van der Waals surface area (Å²) < 4.78 is 7.26. The zero-order chi connectivity index (χ0) is 17.8. The second-order valence-corrected chi connectivity index (χ2v) is 5.90. The van der Waals surface area contributed by atoms with Crippen molar-refractivity contribution in [2.45, 2.75) is 6.92 Å². The van der Waals surface area contributed by atoms with E-state index in [1.54, 1.807) is 36.5 Å². The Morgan fingerprint density at radius 1 is 1.32 bits per heavy atom. The maximum absolute atomic E-state index is 9.76. The molecular formula is C17H15ClN4O2S. The molecule has 3 rings (SSSR count). The number of H-pyrrole nitrogens is 1. The zero-order valence-corrected chi connectivity index (χ0v) is 14.9. The number of rotatable bonds is 5. The van der Waals surface area contributed by atoms with Gasteiger partial charge in [-0.15, -0.1) is 0 Å². The first-order valence-corrected chi connectivity index (χ1v) is 8.30. The first-order valence-electron chi connectivity index (χ1n) is 7.52. The first-order chi connectivity index (χ1) is 12.1. The normalized spacial score (nSPS) is 11.1. The van der Waals surface area contributed by atoms with Gasteiger partial charge in [0.15, 0.2) is 17.3 Å². The van der Waals surface area contributed by atoms with Gasteiger partial charge in [0, 0.05) is 10.6 Å². The molecule has 25 heavy (non-hydrogen) atoms. The molecule has 8 heteroatoms. The molecule has 0 bridgehead atoms. The second kappa shape index (κ2) is 7.50. The molecule has 1 heterocycles. The summed E-state index contributed by atoms with van der Waals surface area (Å²) >= 11 is 11.2. The summed E-state index contributed by atoms with van der Waals surface area (Å²) in [5, 5.41) is 21.7. The van der Waals surface area contributed by atoms with Crippen molar-refractivity contribution >= 4 is 30.0 Å². The van der Waals surface area contributed by atoms with Crippen LogP contribution >= 0.6 is 23.8 Å². The van der Waals surface area contributed by atoms with Gasteiger partial charge in [0.1, 0.15) is 0 Å². The Balaban J connectivity index is 1.94. The summed E-state index contributed by atoms with van der Waals surface area (Å²) in [6, 6.07) is 12.2. The molecule has 0 aliphatic heterocycles. The van der Waals surface area contributed by atoms with Crippen LogP contribution in [0.3, 0.4) is 0 Å². The van der Waals surface area contributed by atoms with Crippen LogP contribution in [0.25, 0.3) is 11.4 Å². The summed E-state index contributed by atoms with van der Waals surface area (Å²) in [5.74, 6) is 1.06. The van der Waals surface area contributed by atoms with Crippen LogP contribution in [-0.4, -0.2) is 32.8 Å². The molecule has 1 aromatic heterocycles. The largest absolute Gasteiger partial charge is 0.504 e. The molecule has 2 aromatic carbocycles. The van der Waals surface area contributed by atoms with Crippen molar-refractivity contribution in [2.24, 2.45) is 5.10 Å². The van der Waals surface area contributed by atoms with Gasteiger partial charge in [-0.2, -0.15) is 14.9 Å². The van der Waals surface area contributed by atoms with Gasteiger partial charge in [0.2, 0.25) is 4.77 Å². The van der Waals surface area contributed by atoms with E-state index in [1.165, 1.54) is 4.68 Å². The smallest absolute Gasteiger partial charge is 0.216 e. The highest BCUT2D eigenvalue weighted by Gasteiger charge is 2.08. The van der Waals surface area contributed by atoms with Crippen LogP contribution in [0.2, 0.25) is 5.02 Å². The van der Waals surface area contributed by atoms with Gasteiger partial charge in [-0.1, -0.05) is 11.6 Å². The highest BCUT2D eigenvalue weighted by molar-refractivity contribution is 7.71. The van der Waals surface area contributed by atoms with Gasteiger partial charge >= 0.3 is 0 Å². The third-order valence-electron chi connectivity index (χ3n) is 3.36. The summed E-state index contributed by atoms with van der Waals surface area (Å²) in [6.07, 6.45) is 1.62. The molecule has 0 saturated carbocycles. The molecule has 0 aliphatic rings. The molecule has 0 unspecified atom stereocenters. The molecule has 128 valence electrons. The first kappa shape index (κ1) is 17.2. The van der Waals surface area contributed by atoms with Crippen LogP contribution in [-0.2, 0) is 0 Å². The van der Waals surface area contributed by atoms with Gasteiger partial charge in [0.25, 0.3) is 0 Å². The molecule has 0 saturated heterocycles. The number of aromatic hydroxyl groups is 1. The second-order valence-electron chi connectivity index (χ2n) is 5.08. The Bertz CT molecular complexity index is 964. The fourth-order valence-electron chi connectivity index (χ4n) is 2.19. The Morgan fingerprint density at radius 3 is 2.80 bits per heavy atom. The number of aromatic amines is 1. The van der Waals surface area contributed by atoms with E-state index in [4.69, 9.17) is 28.6 Å². The van der Waals surface area contributed by atoms with Crippen LogP contribution in [0.4, 0.5) is 0 Å². The Hall–Kier alpha value is -2.64. The van der Waals surface area contributed by atoms with Gasteiger partial charge in [0.05, 0.1) is 12.8 Å². The molecule has 0 fully saturated rings.